The molecule has 0 aromatic heterocycles. The first-order valence-electron chi connectivity index (χ1n) is 7.19. The number of amides is 1. The zero-order chi connectivity index (χ0) is 14.4. The third kappa shape index (κ3) is 4.73. The van der Waals surface area contributed by atoms with E-state index in [4.69, 9.17) is 0 Å². The molecule has 5 nitrogen and oxygen atoms in total. The van der Waals surface area contributed by atoms with Crippen LogP contribution < -0.4 is 5.32 Å². The van der Waals surface area contributed by atoms with E-state index in [-0.39, 0.29) is 12.5 Å². The minimum atomic E-state index is 0.0360. The van der Waals surface area contributed by atoms with Gasteiger partial charge in [-0.2, -0.15) is 0 Å². The quantitative estimate of drug-likeness (QED) is 0.614. The predicted octanol–water partition coefficient (Wildman–Crippen LogP) is 1.02. The highest BCUT2D eigenvalue weighted by Crippen LogP contribution is 2.22. The Bertz CT molecular complexity index is 327. The summed E-state index contributed by atoms with van der Waals surface area (Å²) in [4.78, 5) is 19.9. The first-order valence-corrected chi connectivity index (χ1v) is 7.19. The lowest BCUT2D eigenvalue weighted by molar-refractivity contribution is -0.127. The van der Waals surface area contributed by atoms with Gasteiger partial charge in [0.05, 0.1) is 0 Å². The van der Waals surface area contributed by atoms with E-state index in [1.54, 1.807) is 19.0 Å². The maximum Gasteiger partial charge on any atom is 0.243 e. The van der Waals surface area contributed by atoms with Crippen LogP contribution in [-0.4, -0.2) is 61.9 Å². The Morgan fingerprint density at radius 3 is 2.58 bits per heavy atom. The van der Waals surface area contributed by atoms with Crippen molar-refractivity contribution in [2.24, 2.45) is 16.8 Å². The molecule has 1 aliphatic rings. The highest BCUT2D eigenvalue weighted by atomic mass is 16.2. The van der Waals surface area contributed by atoms with Crippen LogP contribution in [0.2, 0.25) is 0 Å². The third-order valence-electron chi connectivity index (χ3n) is 3.83. The fourth-order valence-corrected chi connectivity index (χ4v) is 2.16. The Labute approximate surface area is 117 Å². The molecule has 1 aliphatic heterocycles. The number of nitrogens with zero attached hydrogens (tertiary/aromatic N) is 3. The van der Waals surface area contributed by atoms with Gasteiger partial charge in [0.2, 0.25) is 5.91 Å². The topological polar surface area (TPSA) is 47.9 Å². The van der Waals surface area contributed by atoms with E-state index in [1.165, 1.54) is 6.42 Å². The monoisotopic (exact) mass is 268 g/mol. The van der Waals surface area contributed by atoms with E-state index in [9.17, 15) is 4.79 Å². The SMILES string of the molecule is CCNC(=NCC(=O)N(C)C)N1CCC(C)C(C)C1. The van der Waals surface area contributed by atoms with Gasteiger partial charge in [-0.1, -0.05) is 13.8 Å². The maximum atomic E-state index is 11.6. The van der Waals surface area contributed by atoms with Crippen LogP contribution in [0.25, 0.3) is 0 Å². The number of likely N-dealkylation sites (N-methyl/N-ethyl adjacent to an activating group) is 1. The van der Waals surface area contributed by atoms with Crippen LogP contribution >= 0.6 is 0 Å². The van der Waals surface area contributed by atoms with Crippen molar-refractivity contribution in [1.82, 2.24) is 15.1 Å². The molecule has 19 heavy (non-hydrogen) atoms. The van der Waals surface area contributed by atoms with Gasteiger partial charge in [0.1, 0.15) is 6.54 Å². The third-order valence-corrected chi connectivity index (χ3v) is 3.83. The average Bonchev–Trinajstić information content (AvgIpc) is 2.37. The van der Waals surface area contributed by atoms with Gasteiger partial charge in [-0.3, -0.25) is 4.79 Å². The predicted molar refractivity (Wildman–Crippen MR) is 79.2 cm³/mol. The van der Waals surface area contributed by atoms with Crippen LogP contribution in [0.15, 0.2) is 4.99 Å². The highest BCUT2D eigenvalue weighted by molar-refractivity contribution is 5.84. The summed E-state index contributed by atoms with van der Waals surface area (Å²) in [6.45, 7) is 9.73. The van der Waals surface area contributed by atoms with E-state index in [0.29, 0.717) is 5.92 Å². The molecule has 1 N–H and O–H groups in total. The molecular weight excluding hydrogens is 240 g/mol. The molecule has 0 aromatic carbocycles. The first-order chi connectivity index (χ1) is 8.95. The smallest absolute Gasteiger partial charge is 0.243 e. The van der Waals surface area contributed by atoms with Crippen molar-refractivity contribution in [3.8, 4) is 0 Å². The summed E-state index contributed by atoms with van der Waals surface area (Å²) in [5.41, 5.74) is 0. The molecule has 1 saturated heterocycles. The number of piperidine rings is 1. The number of rotatable bonds is 3. The minimum Gasteiger partial charge on any atom is -0.357 e. The van der Waals surface area contributed by atoms with Crippen LogP contribution in [0.5, 0.6) is 0 Å². The average molecular weight is 268 g/mol. The van der Waals surface area contributed by atoms with Crippen molar-refractivity contribution in [2.45, 2.75) is 27.2 Å². The highest BCUT2D eigenvalue weighted by Gasteiger charge is 2.24. The molecular formula is C14H28N4O. The molecule has 1 heterocycles. The van der Waals surface area contributed by atoms with Gasteiger partial charge in [0.15, 0.2) is 5.96 Å². The van der Waals surface area contributed by atoms with Crippen LogP contribution in [0.1, 0.15) is 27.2 Å². The molecule has 2 atom stereocenters. The van der Waals surface area contributed by atoms with Gasteiger partial charge >= 0.3 is 0 Å². The van der Waals surface area contributed by atoms with E-state index < -0.39 is 0 Å². The second-order valence-corrected chi connectivity index (χ2v) is 5.65. The number of nitrogens with one attached hydrogen (secondary N) is 1. The molecule has 5 heteroatoms. The molecule has 0 saturated carbocycles. The number of hydrogen-bond acceptors (Lipinski definition) is 2. The van der Waals surface area contributed by atoms with E-state index in [2.05, 4.69) is 36.0 Å². The van der Waals surface area contributed by atoms with Gasteiger partial charge in [0, 0.05) is 33.7 Å². The molecule has 0 bridgehead atoms. The normalized spacial score (nSPS) is 24.3. The lowest BCUT2D eigenvalue weighted by Gasteiger charge is -2.37. The summed E-state index contributed by atoms with van der Waals surface area (Å²) >= 11 is 0. The molecule has 0 aliphatic carbocycles. The summed E-state index contributed by atoms with van der Waals surface area (Å²) in [5, 5.41) is 3.29. The van der Waals surface area contributed by atoms with Crippen LogP contribution in [0.3, 0.4) is 0 Å². The Morgan fingerprint density at radius 1 is 1.37 bits per heavy atom. The number of likely N-dealkylation sites (tertiary alicyclic amines) is 1. The molecule has 0 radical (unpaired) electrons. The molecule has 2 unspecified atom stereocenters. The fourth-order valence-electron chi connectivity index (χ4n) is 2.16. The Hall–Kier alpha value is -1.26. The number of carbonyl (C=O) groups is 1. The lowest BCUT2D eigenvalue weighted by atomic mass is 9.89. The second-order valence-electron chi connectivity index (χ2n) is 5.65. The van der Waals surface area contributed by atoms with Crippen molar-refractivity contribution in [2.75, 3.05) is 40.3 Å². The van der Waals surface area contributed by atoms with Gasteiger partial charge in [-0.15, -0.1) is 0 Å². The van der Waals surface area contributed by atoms with E-state index >= 15 is 0 Å². The largest absolute Gasteiger partial charge is 0.357 e. The molecule has 1 rings (SSSR count). The minimum absolute atomic E-state index is 0.0360. The first kappa shape index (κ1) is 15.8. The number of guanidine groups is 1. The number of carbonyl (C=O) groups excluding carboxylic acids is 1. The van der Waals surface area contributed by atoms with Crippen molar-refractivity contribution in [3.05, 3.63) is 0 Å². The van der Waals surface area contributed by atoms with Crippen LogP contribution in [0.4, 0.5) is 0 Å². The lowest BCUT2D eigenvalue weighted by Crippen LogP contribution is -2.48. The summed E-state index contributed by atoms with van der Waals surface area (Å²) < 4.78 is 0. The molecule has 1 amide bonds. The molecule has 0 aromatic rings. The van der Waals surface area contributed by atoms with Gasteiger partial charge in [-0.25, -0.2) is 4.99 Å². The molecule has 0 spiro atoms. The number of aliphatic imine (C=N–C) groups is 1. The van der Waals surface area contributed by atoms with E-state index in [0.717, 1.165) is 31.5 Å². The Morgan fingerprint density at radius 2 is 2.05 bits per heavy atom. The maximum absolute atomic E-state index is 11.6. The fraction of sp³-hybridized carbons (Fsp3) is 0.857. The van der Waals surface area contributed by atoms with Gasteiger partial charge < -0.3 is 15.1 Å². The van der Waals surface area contributed by atoms with Gasteiger partial charge in [0.25, 0.3) is 0 Å². The van der Waals surface area contributed by atoms with Crippen molar-refractivity contribution in [1.29, 1.82) is 0 Å². The van der Waals surface area contributed by atoms with Gasteiger partial charge in [-0.05, 0) is 25.2 Å². The van der Waals surface area contributed by atoms with Crippen molar-refractivity contribution >= 4 is 11.9 Å². The van der Waals surface area contributed by atoms with Crippen molar-refractivity contribution in [3.63, 3.8) is 0 Å². The Kier molecular flexibility index (Phi) is 6.12. The summed E-state index contributed by atoms with van der Waals surface area (Å²) in [5.74, 6) is 2.34. The zero-order valence-corrected chi connectivity index (χ0v) is 12.9. The summed E-state index contributed by atoms with van der Waals surface area (Å²) in [6.07, 6.45) is 1.19. The Balaban J connectivity index is 2.66. The van der Waals surface area contributed by atoms with Crippen molar-refractivity contribution < 1.29 is 4.79 Å². The second kappa shape index (κ2) is 7.36. The zero-order valence-electron chi connectivity index (χ0n) is 12.9. The molecule has 110 valence electrons. The van der Waals surface area contributed by atoms with Crippen LogP contribution in [-0.2, 0) is 4.79 Å². The summed E-state index contributed by atoms with van der Waals surface area (Å²) in [6, 6.07) is 0. The standard InChI is InChI=1S/C14H28N4O/c1-6-15-14(16-9-13(19)17(4)5)18-8-7-11(2)12(3)10-18/h11-12H,6-10H2,1-5H3,(H,15,16). The van der Waals surface area contributed by atoms with Crippen LogP contribution in [0, 0.1) is 11.8 Å². The number of hydrogen-bond donors (Lipinski definition) is 1. The van der Waals surface area contributed by atoms with E-state index in [1.807, 2.05) is 0 Å². The summed E-state index contributed by atoms with van der Waals surface area (Å²) in [7, 11) is 3.52. The molecule has 1 fully saturated rings.